The molecule has 1 aliphatic carbocycles. The quantitative estimate of drug-likeness (QED) is 0.431. The fraction of sp³-hybridized carbons (Fsp3) is 0.500. The predicted molar refractivity (Wildman–Crippen MR) is 144 cm³/mol. The lowest BCUT2D eigenvalue weighted by molar-refractivity contribution is -0.151. The lowest BCUT2D eigenvalue weighted by Crippen LogP contribution is -2.56. The SMILES string of the molecule is C=C([C@H]1CCO1)N1CC(C(=O)N(C)[C@@H](c2ccc(C3CCCc4c3cnc3cc(C)nn43)cc2)C(C)(F)F)C1. The highest BCUT2D eigenvalue weighted by atomic mass is 19.3. The molecule has 0 N–H and O–H groups in total. The largest absolute Gasteiger partial charge is 0.372 e. The van der Waals surface area contributed by atoms with Crippen molar-refractivity contribution in [3.63, 3.8) is 0 Å². The number of halogens is 2. The van der Waals surface area contributed by atoms with E-state index in [1.165, 1.54) is 11.9 Å². The van der Waals surface area contributed by atoms with Gasteiger partial charge in [0.2, 0.25) is 5.91 Å². The van der Waals surface area contributed by atoms with Crippen LogP contribution in [0.1, 0.15) is 66.2 Å². The van der Waals surface area contributed by atoms with Gasteiger partial charge >= 0.3 is 0 Å². The maximum absolute atomic E-state index is 15.0. The molecule has 2 saturated heterocycles. The number of ether oxygens (including phenoxy) is 1. The summed E-state index contributed by atoms with van der Waals surface area (Å²) in [6.45, 7) is 8.64. The maximum Gasteiger partial charge on any atom is 0.269 e. The monoisotopic (exact) mass is 535 g/mol. The van der Waals surface area contributed by atoms with Crippen LogP contribution in [-0.2, 0) is 16.0 Å². The number of aromatic nitrogens is 3. The summed E-state index contributed by atoms with van der Waals surface area (Å²) in [6, 6.07) is 7.99. The third-order valence-electron chi connectivity index (χ3n) is 8.60. The third-order valence-corrected chi connectivity index (χ3v) is 8.60. The van der Waals surface area contributed by atoms with E-state index in [1.807, 2.05) is 40.7 Å². The number of nitrogens with zero attached hydrogens (tertiary/aromatic N) is 5. The number of likely N-dealkylation sites (tertiary alicyclic amines) is 1. The van der Waals surface area contributed by atoms with Crippen LogP contribution >= 0.6 is 0 Å². The van der Waals surface area contributed by atoms with Gasteiger partial charge in [0.25, 0.3) is 5.92 Å². The van der Waals surface area contributed by atoms with E-state index in [9.17, 15) is 13.6 Å². The summed E-state index contributed by atoms with van der Waals surface area (Å²) in [5.74, 6) is -3.58. The summed E-state index contributed by atoms with van der Waals surface area (Å²) in [5, 5.41) is 4.63. The Bertz CT molecular complexity index is 1400. The predicted octanol–water partition coefficient (Wildman–Crippen LogP) is 4.90. The molecule has 0 saturated carbocycles. The number of alkyl halides is 2. The first kappa shape index (κ1) is 25.9. The second-order valence-electron chi connectivity index (χ2n) is 11.4. The van der Waals surface area contributed by atoms with Crippen LogP contribution in [0.5, 0.6) is 0 Å². The van der Waals surface area contributed by atoms with Crippen molar-refractivity contribution in [2.45, 2.75) is 63.5 Å². The van der Waals surface area contributed by atoms with Crippen molar-refractivity contribution in [1.82, 2.24) is 24.4 Å². The number of carbonyl (C=O) groups excluding carboxylic acids is 1. The number of carbonyl (C=O) groups is 1. The standard InChI is InChI=1S/C30H35F2N5O2/c1-18-14-27-33-15-24-23(6-5-7-25(24)37(27)34-18)20-8-10-21(11-9-20)28(30(3,31)32)35(4)29(38)22-16-36(17-22)19(2)26-12-13-39-26/h8-11,14-15,22-23,26,28H,2,5-7,12-13,16-17H2,1,3-4H3/t23?,26-,28+/m1/s1. The molecular weight excluding hydrogens is 500 g/mol. The van der Waals surface area contributed by atoms with Crippen LogP contribution in [0.4, 0.5) is 8.78 Å². The van der Waals surface area contributed by atoms with E-state index in [0.29, 0.717) is 18.7 Å². The molecule has 0 bridgehead atoms. The number of fused-ring (bicyclic) bond motifs is 3. The number of aryl methyl sites for hydroxylation is 2. The average Bonchev–Trinajstić information content (AvgIpc) is 3.22. The second-order valence-corrected chi connectivity index (χ2v) is 11.4. The summed E-state index contributed by atoms with van der Waals surface area (Å²) in [4.78, 5) is 21.1. The van der Waals surface area contributed by atoms with E-state index in [1.54, 1.807) is 12.1 Å². The first-order chi connectivity index (χ1) is 18.6. The Morgan fingerprint density at radius 2 is 1.95 bits per heavy atom. The van der Waals surface area contributed by atoms with Gasteiger partial charge in [-0.15, -0.1) is 0 Å². The Morgan fingerprint density at radius 3 is 2.59 bits per heavy atom. The van der Waals surface area contributed by atoms with Gasteiger partial charge in [-0.05, 0) is 42.9 Å². The lowest BCUT2D eigenvalue weighted by Gasteiger charge is -2.47. The smallest absolute Gasteiger partial charge is 0.269 e. The van der Waals surface area contributed by atoms with E-state index in [-0.39, 0.29) is 23.8 Å². The van der Waals surface area contributed by atoms with E-state index < -0.39 is 12.0 Å². The summed E-state index contributed by atoms with van der Waals surface area (Å²) < 4.78 is 37.4. The van der Waals surface area contributed by atoms with Crippen molar-refractivity contribution in [3.05, 3.63) is 76.9 Å². The summed E-state index contributed by atoms with van der Waals surface area (Å²) in [5.41, 5.74) is 6.44. The van der Waals surface area contributed by atoms with Crippen molar-refractivity contribution in [1.29, 1.82) is 0 Å². The van der Waals surface area contributed by atoms with Crippen LogP contribution in [0.25, 0.3) is 5.65 Å². The Balaban J connectivity index is 1.20. The van der Waals surface area contributed by atoms with Crippen LogP contribution in [0.15, 0.2) is 48.8 Å². The first-order valence-electron chi connectivity index (χ1n) is 13.8. The van der Waals surface area contributed by atoms with Crippen LogP contribution in [0.3, 0.4) is 0 Å². The van der Waals surface area contributed by atoms with Crippen molar-refractivity contribution >= 4 is 11.6 Å². The van der Waals surface area contributed by atoms with Crippen molar-refractivity contribution in [2.75, 3.05) is 26.7 Å². The Kier molecular flexibility index (Phi) is 6.44. The van der Waals surface area contributed by atoms with E-state index >= 15 is 0 Å². The molecule has 2 aromatic heterocycles. The molecule has 4 heterocycles. The van der Waals surface area contributed by atoms with Crippen molar-refractivity contribution in [2.24, 2.45) is 5.92 Å². The third kappa shape index (κ3) is 4.60. The fourth-order valence-corrected chi connectivity index (χ4v) is 6.38. The zero-order valence-electron chi connectivity index (χ0n) is 22.7. The topological polar surface area (TPSA) is 63.0 Å². The molecule has 0 spiro atoms. The molecule has 39 heavy (non-hydrogen) atoms. The Morgan fingerprint density at radius 1 is 1.23 bits per heavy atom. The summed E-state index contributed by atoms with van der Waals surface area (Å²) in [7, 11) is 1.49. The number of hydrogen-bond donors (Lipinski definition) is 0. The van der Waals surface area contributed by atoms with Crippen molar-refractivity contribution < 1.29 is 18.3 Å². The molecule has 2 fully saturated rings. The van der Waals surface area contributed by atoms with Gasteiger partial charge in [0.15, 0.2) is 5.65 Å². The van der Waals surface area contributed by atoms with E-state index in [4.69, 9.17) is 4.74 Å². The number of hydrogen-bond acceptors (Lipinski definition) is 5. The maximum atomic E-state index is 15.0. The molecule has 1 amide bonds. The molecule has 3 aliphatic rings. The normalized spacial score (nSPS) is 22.1. The summed E-state index contributed by atoms with van der Waals surface area (Å²) in [6.07, 6.45) is 5.80. The second kappa shape index (κ2) is 9.70. The van der Waals surface area contributed by atoms with E-state index in [2.05, 4.69) is 16.7 Å². The van der Waals surface area contributed by atoms with Gasteiger partial charge in [-0.2, -0.15) is 5.10 Å². The molecule has 3 atom stereocenters. The first-order valence-corrected chi connectivity index (χ1v) is 13.8. The van der Waals surface area contributed by atoms with Gasteiger partial charge in [0, 0.05) is 63.1 Å². The van der Waals surface area contributed by atoms with Gasteiger partial charge in [-0.1, -0.05) is 30.8 Å². The van der Waals surface area contributed by atoms with E-state index in [0.717, 1.165) is 73.1 Å². The lowest BCUT2D eigenvalue weighted by atomic mass is 9.81. The van der Waals surface area contributed by atoms with Gasteiger partial charge in [-0.3, -0.25) is 4.79 Å². The number of amides is 1. The molecule has 0 radical (unpaired) electrons. The minimum absolute atomic E-state index is 0.0200. The molecule has 3 aromatic rings. The highest BCUT2D eigenvalue weighted by Gasteiger charge is 2.45. The van der Waals surface area contributed by atoms with Gasteiger partial charge in [0.05, 0.1) is 24.3 Å². The average molecular weight is 536 g/mol. The number of benzene rings is 1. The molecule has 6 rings (SSSR count). The molecule has 2 aliphatic heterocycles. The highest BCUT2D eigenvalue weighted by Crippen LogP contribution is 2.40. The summed E-state index contributed by atoms with van der Waals surface area (Å²) >= 11 is 0. The molecule has 9 heteroatoms. The minimum atomic E-state index is -3.11. The van der Waals surface area contributed by atoms with Crippen LogP contribution in [-0.4, -0.2) is 69.1 Å². The Hall–Kier alpha value is -3.33. The molecule has 1 unspecified atom stereocenters. The molecule has 1 aromatic carbocycles. The highest BCUT2D eigenvalue weighted by molar-refractivity contribution is 5.80. The molecule has 7 nitrogen and oxygen atoms in total. The van der Waals surface area contributed by atoms with Gasteiger partial charge in [-0.25, -0.2) is 18.3 Å². The molecular formula is C30H35F2N5O2. The zero-order chi connectivity index (χ0) is 27.5. The van der Waals surface area contributed by atoms with Gasteiger partial charge < -0.3 is 14.5 Å². The Labute approximate surface area is 227 Å². The van der Waals surface area contributed by atoms with Crippen LogP contribution < -0.4 is 0 Å². The van der Waals surface area contributed by atoms with Gasteiger partial charge in [0.1, 0.15) is 6.04 Å². The van der Waals surface area contributed by atoms with Crippen LogP contribution in [0, 0.1) is 12.8 Å². The molecule has 206 valence electrons. The number of rotatable bonds is 7. The minimum Gasteiger partial charge on any atom is -0.372 e. The fourth-order valence-electron chi connectivity index (χ4n) is 6.38. The van der Waals surface area contributed by atoms with Crippen LogP contribution in [0.2, 0.25) is 0 Å². The zero-order valence-corrected chi connectivity index (χ0v) is 22.7. The van der Waals surface area contributed by atoms with Crippen molar-refractivity contribution in [3.8, 4) is 0 Å².